The molecule has 0 bridgehead atoms. The van der Waals surface area contributed by atoms with Crippen LogP contribution in [-0.4, -0.2) is 7.85 Å². The number of nitrogens with two attached hydrogens (primary N) is 2. The molecule has 0 unspecified atom stereocenters. The summed E-state index contributed by atoms with van der Waals surface area (Å²) in [5.74, 6) is 0. The third-order valence-electron chi connectivity index (χ3n) is 1.00. The number of rotatable bonds is 0. The van der Waals surface area contributed by atoms with Gasteiger partial charge in [-0.15, -0.1) is 0 Å². The molecule has 4 N–H and O–H groups in total. The first-order valence-corrected chi connectivity index (χ1v) is 2.60. The molecule has 0 atom stereocenters. The zero-order chi connectivity index (χ0) is 6.85. The van der Waals surface area contributed by atoms with Gasteiger partial charge in [-0.25, -0.2) is 0 Å². The van der Waals surface area contributed by atoms with Gasteiger partial charge in [0, 0.05) is 11.4 Å². The summed E-state index contributed by atoms with van der Waals surface area (Å²) in [6.07, 6.45) is 0. The van der Waals surface area contributed by atoms with Crippen molar-refractivity contribution >= 4 is 24.7 Å². The van der Waals surface area contributed by atoms with Gasteiger partial charge in [-0.2, -0.15) is 0 Å². The summed E-state index contributed by atoms with van der Waals surface area (Å²) in [6, 6.07) is 4.99. The molecule has 0 amide bonds. The van der Waals surface area contributed by atoms with Crippen molar-refractivity contribution in [2.45, 2.75) is 0 Å². The Kier molecular flexibility index (Phi) is 1.34. The maximum atomic E-state index is 5.40. The summed E-state index contributed by atoms with van der Waals surface area (Å²) in [7, 11) is 5.40. The molecule has 0 heterocycles. The largest absolute Gasteiger partial charge is 0.399 e. The highest BCUT2D eigenvalue weighted by Crippen LogP contribution is 2.04. The van der Waals surface area contributed by atoms with Crippen LogP contribution < -0.4 is 16.9 Å². The average molecular weight is 118 g/mol. The zero-order valence-electron chi connectivity index (χ0n) is 4.96. The van der Waals surface area contributed by atoms with Crippen molar-refractivity contribution in [3.63, 3.8) is 0 Å². The van der Waals surface area contributed by atoms with Gasteiger partial charge in [-0.3, -0.25) is 0 Å². The molecule has 0 aliphatic carbocycles. The maximum absolute atomic E-state index is 5.40. The summed E-state index contributed by atoms with van der Waals surface area (Å²) in [5.41, 5.74) is 12.6. The van der Waals surface area contributed by atoms with Crippen LogP contribution in [0.25, 0.3) is 0 Å². The third kappa shape index (κ3) is 1.39. The molecule has 0 fully saturated rings. The topological polar surface area (TPSA) is 52.0 Å². The van der Waals surface area contributed by atoms with Gasteiger partial charge < -0.3 is 11.5 Å². The minimum absolute atomic E-state index is 0.604. The Bertz CT molecular complexity index is 172. The van der Waals surface area contributed by atoms with Crippen molar-refractivity contribution < 1.29 is 0 Å². The van der Waals surface area contributed by atoms with E-state index in [1.165, 1.54) is 0 Å². The van der Waals surface area contributed by atoms with E-state index >= 15 is 0 Å². The summed E-state index contributed by atoms with van der Waals surface area (Å²) in [5, 5.41) is 0. The van der Waals surface area contributed by atoms with Gasteiger partial charge in [0.2, 0.25) is 0 Å². The van der Waals surface area contributed by atoms with Crippen LogP contribution in [0, 0.1) is 0 Å². The van der Waals surface area contributed by atoms with Crippen LogP contribution in [0.3, 0.4) is 0 Å². The van der Waals surface area contributed by atoms with E-state index in [4.69, 9.17) is 19.3 Å². The van der Waals surface area contributed by atoms with Crippen LogP contribution in [0.15, 0.2) is 18.2 Å². The van der Waals surface area contributed by atoms with Crippen molar-refractivity contribution in [2.24, 2.45) is 0 Å². The molecule has 1 aromatic carbocycles. The molecule has 0 spiro atoms. The Labute approximate surface area is 55.3 Å². The lowest BCUT2D eigenvalue weighted by molar-refractivity contribution is 1.71. The van der Waals surface area contributed by atoms with Gasteiger partial charge in [0.25, 0.3) is 0 Å². The fourth-order valence-corrected chi connectivity index (χ4v) is 0.702. The second kappa shape index (κ2) is 2.01. The van der Waals surface area contributed by atoms with E-state index in [1.807, 2.05) is 0 Å². The molecule has 1 aromatic rings. The number of hydrogen-bond donors (Lipinski definition) is 2. The Morgan fingerprint density at radius 2 is 1.44 bits per heavy atom. The molecule has 0 saturated heterocycles. The molecule has 0 aromatic heterocycles. The van der Waals surface area contributed by atoms with Crippen LogP contribution in [0.5, 0.6) is 0 Å². The van der Waals surface area contributed by atoms with Crippen molar-refractivity contribution in [1.29, 1.82) is 0 Å². The average Bonchev–Trinajstić information content (AvgIpc) is 1.59. The van der Waals surface area contributed by atoms with E-state index in [2.05, 4.69) is 0 Å². The smallest absolute Gasteiger partial charge is 0.114 e. The number of benzene rings is 1. The summed E-state index contributed by atoms with van der Waals surface area (Å²) >= 11 is 0. The Morgan fingerprint density at radius 1 is 1.00 bits per heavy atom. The summed E-state index contributed by atoms with van der Waals surface area (Å²) < 4.78 is 0. The molecular formula is C6H7BN2. The third-order valence-corrected chi connectivity index (χ3v) is 1.00. The van der Waals surface area contributed by atoms with Crippen molar-refractivity contribution in [1.82, 2.24) is 0 Å². The first-order chi connectivity index (χ1) is 4.18. The highest BCUT2D eigenvalue weighted by Gasteiger charge is 1.88. The number of hydrogen-bond acceptors (Lipinski definition) is 2. The normalized spacial score (nSPS) is 9.33. The van der Waals surface area contributed by atoms with E-state index in [0.717, 1.165) is 0 Å². The van der Waals surface area contributed by atoms with Gasteiger partial charge in [-0.1, -0.05) is 5.46 Å². The van der Waals surface area contributed by atoms with Gasteiger partial charge in [0.15, 0.2) is 0 Å². The quantitative estimate of drug-likeness (QED) is 0.361. The lowest BCUT2D eigenvalue weighted by Gasteiger charge is -1.97. The lowest BCUT2D eigenvalue weighted by atomic mass is 9.95. The van der Waals surface area contributed by atoms with Gasteiger partial charge in [0.05, 0.1) is 0 Å². The first-order valence-electron chi connectivity index (χ1n) is 2.60. The summed E-state index contributed by atoms with van der Waals surface area (Å²) in [6.45, 7) is 0. The molecule has 2 radical (unpaired) electrons. The van der Waals surface area contributed by atoms with Crippen molar-refractivity contribution in [2.75, 3.05) is 11.5 Å². The van der Waals surface area contributed by atoms with Crippen LogP contribution >= 0.6 is 0 Å². The van der Waals surface area contributed by atoms with Gasteiger partial charge in [-0.05, 0) is 18.2 Å². The SMILES string of the molecule is [B]c1cc(N)cc(N)c1. The fraction of sp³-hybridized carbons (Fsp3) is 0. The molecule has 3 heteroatoms. The highest BCUT2D eigenvalue weighted by atomic mass is 14.6. The van der Waals surface area contributed by atoms with Crippen LogP contribution in [0.1, 0.15) is 0 Å². The van der Waals surface area contributed by atoms with E-state index in [9.17, 15) is 0 Å². The Balaban J connectivity index is 3.17. The van der Waals surface area contributed by atoms with Gasteiger partial charge >= 0.3 is 0 Å². The van der Waals surface area contributed by atoms with Crippen LogP contribution in [-0.2, 0) is 0 Å². The molecule has 44 valence electrons. The standard InChI is InChI=1S/C6H7BN2/c7-4-1-5(8)3-6(9)2-4/h1-3H,8-9H2. The molecular weight excluding hydrogens is 111 g/mol. The molecule has 0 aliphatic heterocycles. The zero-order valence-corrected chi connectivity index (χ0v) is 4.96. The number of anilines is 2. The first kappa shape index (κ1) is 6.01. The lowest BCUT2D eigenvalue weighted by Crippen LogP contribution is -2.04. The van der Waals surface area contributed by atoms with E-state index in [1.54, 1.807) is 18.2 Å². The predicted octanol–water partition coefficient (Wildman–Crippen LogP) is -0.355. The predicted molar refractivity (Wildman–Crippen MR) is 40.7 cm³/mol. The fourth-order valence-electron chi connectivity index (χ4n) is 0.702. The molecule has 0 aliphatic rings. The van der Waals surface area contributed by atoms with Crippen molar-refractivity contribution in [3.8, 4) is 0 Å². The Hall–Kier alpha value is -1.12. The van der Waals surface area contributed by atoms with Crippen LogP contribution in [0.4, 0.5) is 11.4 Å². The highest BCUT2D eigenvalue weighted by molar-refractivity contribution is 6.32. The second-order valence-electron chi connectivity index (χ2n) is 1.93. The van der Waals surface area contributed by atoms with Crippen molar-refractivity contribution in [3.05, 3.63) is 18.2 Å². The van der Waals surface area contributed by atoms with E-state index < -0.39 is 0 Å². The van der Waals surface area contributed by atoms with Crippen LogP contribution in [0.2, 0.25) is 0 Å². The maximum Gasteiger partial charge on any atom is 0.114 e. The van der Waals surface area contributed by atoms with Gasteiger partial charge in [0.1, 0.15) is 7.85 Å². The minimum Gasteiger partial charge on any atom is -0.399 e. The molecule has 9 heavy (non-hydrogen) atoms. The molecule has 2 nitrogen and oxygen atoms in total. The summed E-state index contributed by atoms with van der Waals surface area (Å²) in [4.78, 5) is 0. The number of nitrogen functional groups attached to an aromatic ring is 2. The Morgan fingerprint density at radius 3 is 1.78 bits per heavy atom. The monoisotopic (exact) mass is 118 g/mol. The minimum atomic E-state index is 0.604. The van der Waals surface area contributed by atoms with E-state index in [-0.39, 0.29) is 0 Å². The molecule has 0 saturated carbocycles. The second-order valence-corrected chi connectivity index (χ2v) is 1.93. The molecule has 1 rings (SSSR count). The van der Waals surface area contributed by atoms with E-state index in [0.29, 0.717) is 16.8 Å².